The second-order valence-electron chi connectivity index (χ2n) is 5.95. The molecule has 0 rings (SSSR count). The first-order chi connectivity index (χ1) is 7.98. The van der Waals surface area contributed by atoms with Crippen LogP contribution in [0.2, 0.25) is 0 Å². The minimum absolute atomic E-state index is 0.0449. The van der Waals surface area contributed by atoms with Gasteiger partial charge >= 0.3 is 5.97 Å². The first kappa shape index (κ1) is 17.4. The van der Waals surface area contributed by atoms with Crippen LogP contribution in [0, 0.1) is 11.3 Å². The first-order valence-electron chi connectivity index (χ1n) is 6.21. The molecule has 0 amide bonds. The number of hydrogen-bond donors (Lipinski definition) is 2. The summed E-state index contributed by atoms with van der Waals surface area (Å²) >= 11 is 0. The number of rotatable bonds is 7. The third-order valence-electron chi connectivity index (χ3n) is 2.91. The fourth-order valence-corrected chi connectivity index (χ4v) is 3.06. The Kier molecular flexibility index (Phi) is 6.29. The molecule has 5 nitrogen and oxygen atoms in total. The summed E-state index contributed by atoms with van der Waals surface area (Å²) in [5.41, 5.74) is -0.0934. The van der Waals surface area contributed by atoms with Crippen molar-refractivity contribution >= 4 is 16.0 Å². The van der Waals surface area contributed by atoms with E-state index < -0.39 is 22.0 Å². The van der Waals surface area contributed by atoms with E-state index >= 15 is 0 Å². The Labute approximate surface area is 110 Å². The van der Waals surface area contributed by atoms with E-state index in [9.17, 15) is 13.2 Å². The highest BCUT2D eigenvalue weighted by Crippen LogP contribution is 2.19. The summed E-state index contributed by atoms with van der Waals surface area (Å²) in [6.45, 7) is 9.42. The van der Waals surface area contributed by atoms with Crippen LogP contribution in [-0.4, -0.2) is 31.3 Å². The third-order valence-corrected chi connectivity index (χ3v) is 4.26. The quantitative estimate of drug-likeness (QED) is 0.745. The summed E-state index contributed by atoms with van der Waals surface area (Å²) in [5.74, 6) is -1.40. The van der Waals surface area contributed by atoms with Gasteiger partial charge in [-0.3, -0.25) is 4.79 Å². The summed E-state index contributed by atoms with van der Waals surface area (Å²) in [6.07, 6.45) is 1.11. The number of aliphatic carboxylic acids is 1. The lowest BCUT2D eigenvalue weighted by molar-refractivity contribution is -0.140. The number of carboxylic acids is 1. The molecule has 2 N–H and O–H groups in total. The molecular weight excluding hydrogens is 254 g/mol. The van der Waals surface area contributed by atoms with Gasteiger partial charge in [0.2, 0.25) is 10.0 Å². The molecule has 0 aromatic heterocycles. The van der Waals surface area contributed by atoms with Crippen molar-refractivity contribution < 1.29 is 18.3 Å². The lowest BCUT2D eigenvalue weighted by atomic mass is 9.94. The van der Waals surface area contributed by atoms with Gasteiger partial charge in [0, 0.05) is 0 Å². The zero-order chi connectivity index (χ0) is 14.6. The van der Waals surface area contributed by atoms with Gasteiger partial charge in [-0.05, 0) is 17.8 Å². The van der Waals surface area contributed by atoms with Crippen LogP contribution < -0.4 is 4.72 Å². The Morgan fingerprint density at radius 1 is 1.33 bits per heavy atom. The maximum Gasteiger partial charge on any atom is 0.322 e. The largest absolute Gasteiger partial charge is 0.480 e. The maximum atomic E-state index is 11.8. The van der Waals surface area contributed by atoms with Crippen molar-refractivity contribution in [2.45, 2.75) is 53.5 Å². The minimum Gasteiger partial charge on any atom is -0.480 e. The minimum atomic E-state index is -3.54. The van der Waals surface area contributed by atoms with Crippen molar-refractivity contribution in [1.82, 2.24) is 4.72 Å². The second kappa shape index (κ2) is 6.52. The van der Waals surface area contributed by atoms with E-state index in [2.05, 4.69) is 4.72 Å². The lowest BCUT2D eigenvalue weighted by Gasteiger charge is -2.22. The highest BCUT2D eigenvalue weighted by molar-refractivity contribution is 7.89. The zero-order valence-electron chi connectivity index (χ0n) is 11.9. The van der Waals surface area contributed by atoms with Crippen LogP contribution in [0.1, 0.15) is 47.5 Å². The van der Waals surface area contributed by atoms with Gasteiger partial charge in [-0.15, -0.1) is 0 Å². The van der Waals surface area contributed by atoms with Gasteiger partial charge in [0.25, 0.3) is 0 Å². The lowest BCUT2D eigenvalue weighted by Crippen LogP contribution is -2.46. The molecular formula is C12H25NO4S. The third kappa shape index (κ3) is 6.96. The van der Waals surface area contributed by atoms with Crippen LogP contribution in [0.5, 0.6) is 0 Å². The van der Waals surface area contributed by atoms with Gasteiger partial charge in [0.1, 0.15) is 6.04 Å². The van der Waals surface area contributed by atoms with E-state index in [4.69, 9.17) is 5.11 Å². The molecule has 0 aromatic rings. The molecule has 0 heterocycles. The molecule has 0 bridgehead atoms. The van der Waals surface area contributed by atoms with Crippen LogP contribution in [0.4, 0.5) is 0 Å². The van der Waals surface area contributed by atoms with Crippen LogP contribution in [0.15, 0.2) is 0 Å². The molecule has 108 valence electrons. The zero-order valence-corrected chi connectivity index (χ0v) is 12.7. The van der Waals surface area contributed by atoms with Crippen molar-refractivity contribution in [2.24, 2.45) is 11.3 Å². The summed E-state index contributed by atoms with van der Waals surface area (Å²) in [5, 5.41) is 9.04. The topological polar surface area (TPSA) is 83.5 Å². The molecule has 0 saturated heterocycles. The van der Waals surface area contributed by atoms with Crippen LogP contribution in [0.3, 0.4) is 0 Å². The van der Waals surface area contributed by atoms with Gasteiger partial charge in [0.05, 0.1) is 5.75 Å². The molecule has 0 aliphatic rings. The van der Waals surface area contributed by atoms with Crippen LogP contribution in [0.25, 0.3) is 0 Å². The molecule has 0 aliphatic heterocycles. The molecule has 2 atom stereocenters. The summed E-state index contributed by atoms with van der Waals surface area (Å²) in [7, 11) is -3.54. The fourth-order valence-electron chi connectivity index (χ4n) is 1.34. The van der Waals surface area contributed by atoms with Gasteiger partial charge in [-0.2, -0.15) is 0 Å². The normalized spacial score (nSPS) is 16.3. The molecule has 6 heteroatoms. The Bertz CT molecular complexity index is 370. The van der Waals surface area contributed by atoms with E-state index in [0.29, 0.717) is 12.8 Å². The Morgan fingerprint density at radius 3 is 2.17 bits per heavy atom. The summed E-state index contributed by atoms with van der Waals surface area (Å²) in [6, 6.07) is -1.04. The van der Waals surface area contributed by atoms with E-state index in [1.54, 1.807) is 6.92 Å². The Balaban J connectivity index is 4.67. The van der Waals surface area contributed by atoms with Crippen molar-refractivity contribution in [3.8, 4) is 0 Å². The smallest absolute Gasteiger partial charge is 0.322 e. The standard InChI is InChI=1S/C12H25NO4S/c1-6-9(2)10(11(14)15)13-18(16,17)8-7-12(3,4)5/h9-10,13H,6-8H2,1-5H3,(H,14,15)/t9?,10-/m0/s1. The molecule has 0 saturated carbocycles. The van der Waals surface area contributed by atoms with Crippen molar-refractivity contribution in [3.63, 3.8) is 0 Å². The number of hydrogen-bond acceptors (Lipinski definition) is 3. The van der Waals surface area contributed by atoms with Gasteiger partial charge in [-0.25, -0.2) is 13.1 Å². The van der Waals surface area contributed by atoms with E-state index in [-0.39, 0.29) is 17.1 Å². The Morgan fingerprint density at radius 2 is 1.83 bits per heavy atom. The maximum absolute atomic E-state index is 11.8. The van der Waals surface area contributed by atoms with Crippen molar-refractivity contribution in [3.05, 3.63) is 0 Å². The highest BCUT2D eigenvalue weighted by atomic mass is 32.2. The molecule has 18 heavy (non-hydrogen) atoms. The average molecular weight is 279 g/mol. The Hall–Kier alpha value is -0.620. The fraction of sp³-hybridized carbons (Fsp3) is 0.917. The number of nitrogens with one attached hydrogen (secondary N) is 1. The van der Waals surface area contributed by atoms with Gasteiger partial charge in [-0.1, -0.05) is 41.0 Å². The van der Waals surface area contributed by atoms with E-state index in [0.717, 1.165) is 0 Å². The van der Waals surface area contributed by atoms with Gasteiger partial charge in [0.15, 0.2) is 0 Å². The van der Waals surface area contributed by atoms with Crippen LogP contribution >= 0.6 is 0 Å². The predicted molar refractivity (Wildman–Crippen MR) is 71.9 cm³/mol. The number of sulfonamides is 1. The molecule has 0 radical (unpaired) electrons. The molecule has 0 spiro atoms. The average Bonchev–Trinajstić information content (AvgIpc) is 2.21. The van der Waals surface area contributed by atoms with Crippen LogP contribution in [-0.2, 0) is 14.8 Å². The number of carboxylic acid groups (broad SMARTS) is 1. The van der Waals surface area contributed by atoms with Crippen molar-refractivity contribution in [1.29, 1.82) is 0 Å². The summed E-state index contributed by atoms with van der Waals surface area (Å²) in [4.78, 5) is 11.1. The highest BCUT2D eigenvalue weighted by Gasteiger charge is 2.28. The second-order valence-corrected chi connectivity index (χ2v) is 7.82. The molecule has 1 unspecified atom stereocenters. The van der Waals surface area contributed by atoms with E-state index in [1.807, 2.05) is 27.7 Å². The molecule has 0 fully saturated rings. The first-order valence-corrected chi connectivity index (χ1v) is 7.86. The predicted octanol–water partition coefficient (Wildman–Crippen LogP) is 1.84. The summed E-state index contributed by atoms with van der Waals surface area (Å²) < 4.78 is 26.0. The van der Waals surface area contributed by atoms with E-state index in [1.165, 1.54) is 0 Å². The SMILES string of the molecule is CCC(C)[C@H](NS(=O)(=O)CCC(C)(C)C)C(=O)O. The van der Waals surface area contributed by atoms with Crippen molar-refractivity contribution in [2.75, 3.05) is 5.75 Å². The molecule has 0 aliphatic carbocycles. The monoisotopic (exact) mass is 279 g/mol. The number of carbonyl (C=O) groups is 1. The molecule has 0 aromatic carbocycles. The van der Waals surface area contributed by atoms with Gasteiger partial charge < -0.3 is 5.11 Å².